The van der Waals surface area contributed by atoms with E-state index < -0.39 is 0 Å². The van der Waals surface area contributed by atoms with Crippen LogP contribution in [0.15, 0.2) is 182 Å². The van der Waals surface area contributed by atoms with E-state index in [0.29, 0.717) is 0 Å². The van der Waals surface area contributed by atoms with E-state index in [1.165, 1.54) is 110 Å². The smallest absolute Gasteiger partial charge is 0.0547 e. The highest BCUT2D eigenvalue weighted by Crippen LogP contribution is 2.49. The van der Waals surface area contributed by atoms with Crippen molar-refractivity contribution in [3.05, 3.63) is 182 Å². The highest BCUT2D eigenvalue weighted by Gasteiger charge is 2.23. The highest BCUT2D eigenvalue weighted by atomic mass is 15.0. The predicted octanol–water partition coefficient (Wildman–Crippen LogP) is 13.5. The van der Waals surface area contributed by atoms with Crippen molar-refractivity contribution in [2.24, 2.45) is 0 Å². The summed E-state index contributed by atoms with van der Waals surface area (Å²) in [6.45, 7) is 0. The van der Waals surface area contributed by atoms with Gasteiger partial charge in [0, 0.05) is 32.9 Å². The lowest BCUT2D eigenvalue weighted by molar-refractivity contribution is 1.18. The minimum Gasteiger partial charge on any atom is -0.309 e. The van der Waals surface area contributed by atoms with E-state index in [9.17, 15) is 0 Å². The van der Waals surface area contributed by atoms with Crippen LogP contribution in [0.4, 0.5) is 0 Å². The predicted molar refractivity (Wildman–Crippen MR) is 220 cm³/mol. The standard InChI is InChI=1S/C50H30N2/c1-2-13-35(14-3-1)51-45-20-9-8-18-40(45)42-28-32(22-24-46(42)51)33-23-25-47-44(29-33)50-37-15-5-4-11-31(37)21-26-48(50)52(47)36-27-34-12-10-19-41-38-16-6-7-17-39(38)43(30-36)49(34)41/h1-30H. The Hall–Kier alpha value is -6.90. The van der Waals surface area contributed by atoms with Gasteiger partial charge >= 0.3 is 0 Å². The van der Waals surface area contributed by atoms with E-state index in [0.717, 1.165) is 0 Å². The molecule has 2 aromatic heterocycles. The van der Waals surface area contributed by atoms with Crippen LogP contribution in [-0.4, -0.2) is 9.13 Å². The summed E-state index contributed by atoms with van der Waals surface area (Å²) >= 11 is 0. The summed E-state index contributed by atoms with van der Waals surface area (Å²) in [5.74, 6) is 0. The minimum atomic E-state index is 1.18. The summed E-state index contributed by atoms with van der Waals surface area (Å²) in [6.07, 6.45) is 0. The van der Waals surface area contributed by atoms with Gasteiger partial charge in [0.25, 0.3) is 0 Å². The van der Waals surface area contributed by atoms with Gasteiger partial charge in [0.1, 0.15) is 0 Å². The number of aromatic nitrogens is 2. The molecule has 0 saturated carbocycles. The van der Waals surface area contributed by atoms with E-state index in [-0.39, 0.29) is 0 Å². The van der Waals surface area contributed by atoms with Crippen molar-refractivity contribution in [3.63, 3.8) is 0 Å². The average molecular weight is 659 g/mol. The minimum absolute atomic E-state index is 1.18. The lowest BCUT2D eigenvalue weighted by Crippen LogP contribution is -1.95. The largest absolute Gasteiger partial charge is 0.309 e. The zero-order valence-electron chi connectivity index (χ0n) is 28.2. The summed E-state index contributed by atoms with van der Waals surface area (Å²) in [6, 6.07) is 67.3. The van der Waals surface area contributed by atoms with Crippen LogP contribution in [0.25, 0.3) is 110 Å². The van der Waals surface area contributed by atoms with Gasteiger partial charge in [-0.25, -0.2) is 0 Å². The van der Waals surface area contributed by atoms with E-state index in [4.69, 9.17) is 0 Å². The SMILES string of the molecule is c1ccc(-n2c3ccccc3c3cc(-c4ccc5c(c4)c4c6ccccc6ccc4n5-c4cc5c6c(cccc6c4)-c4ccccc4-5)ccc32)cc1. The monoisotopic (exact) mass is 658 g/mol. The molecule has 0 spiro atoms. The van der Waals surface area contributed by atoms with E-state index >= 15 is 0 Å². The Balaban J connectivity index is 1.12. The van der Waals surface area contributed by atoms with Gasteiger partial charge in [-0.05, 0) is 116 Å². The third kappa shape index (κ3) is 3.73. The Kier molecular flexibility index (Phi) is 5.53. The van der Waals surface area contributed by atoms with Crippen LogP contribution in [-0.2, 0) is 0 Å². The van der Waals surface area contributed by atoms with Gasteiger partial charge in [-0.3, -0.25) is 0 Å². The lowest BCUT2D eigenvalue weighted by Gasteiger charge is -2.12. The normalized spacial score (nSPS) is 12.2. The van der Waals surface area contributed by atoms with Crippen LogP contribution >= 0.6 is 0 Å². The Morgan fingerprint density at radius 1 is 0.269 bits per heavy atom. The second kappa shape index (κ2) is 10.3. The molecule has 0 radical (unpaired) electrons. The van der Waals surface area contributed by atoms with E-state index in [1.54, 1.807) is 0 Å². The molecule has 12 rings (SSSR count). The van der Waals surface area contributed by atoms with Crippen LogP contribution in [0, 0.1) is 0 Å². The Morgan fingerprint density at radius 3 is 1.71 bits per heavy atom. The first-order valence-electron chi connectivity index (χ1n) is 18.0. The summed E-state index contributed by atoms with van der Waals surface area (Å²) in [4.78, 5) is 0. The topological polar surface area (TPSA) is 9.86 Å². The fourth-order valence-corrected chi connectivity index (χ4v) is 9.19. The first-order chi connectivity index (χ1) is 25.8. The molecule has 52 heavy (non-hydrogen) atoms. The van der Waals surface area contributed by atoms with E-state index in [1.807, 2.05) is 0 Å². The maximum atomic E-state index is 2.49. The maximum absolute atomic E-state index is 2.49. The lowest BCUT2D eigenvalue weighted by atomic mass is 9.99. The van der Waals surface area contributed by atoms with Gasteiger partial charge in [0.2, 0.25) is 0 Å². The molecule has 0 N–H and O–H groups in total. The molecular formula is C50H30N2. The molecule has 0 bridgehead atoms. The third-order valence-electron chi connectivity index (χ3n) is 11.4. The zero-order valence-corrected chi connectivity index (χ0v) is 28.2. The summed E-state index contributed by atoms with van der Waals surface area (Å²) in [5.41, 5.74) is 15.0. The fourth-order valence-electron chi connectivity index (χ4n) is 9.19. The van der Waals surface area contributed by atoms with Gasteiger partial charge in [-0.15, -0.1) is 0 Å². The van der Waals surface area contributed by atoms with Crippen LogP contribution in [0.2, 0.25) is 0 Å². The molecule has 0 unspecified atom stereocenters. The zero-order chi connectivity index (χ0) is 33.9. The average Bonchev–Trinajstić information content (AvgIpc) is 3.84. The molecule has 0 saturated heterocycles. The van der Waals surface area contributed by atoms with Gasteiger partial charge < -0.3 is 9.13 Å². The molecule has 1 aliphatic rings. The molecule has 0 aliphatic heterocycles. The highest BCUT2D eigenvalue weighted by molar-refractivity contribution is 6.23. The molecule has 240 valence electrons. The number of hydrogen-bond acceptors (Lipinski definition) is 0. The molecule has 11 aromatic rings. The van der Waals surface area contributed by atoms with Crippen molar-refractivity contribution in [3.8, 4) is 44.8 Å². The van der Waals surface area contributed by atoms with Crippen LogP contribution in [0.1, 0.15) is 0 Å². The summed E-state index contributed by atoms with van der Waals surface area (Å²) in [5, 5.41) is 10.2. The molecule has 2 heteroatoms. The van der Waals surface area contributed by atoms with Crippen molar-refractivity contribution < 1.29 is 0 Å². The summed E-state index contributed by atoms with van der Waals surface area (Å²) < 4.78 is 4.87. The van der Waals surface area contributed by atoms with Gasteiger partial charge in [0.15, 0.2) is 0 Å². The number of benzene rings is 9. The molecule has 0 fully saturated rings. The molecule has 0 amide bonds. The van der Waals surface area contributed by atoms with Gasteiger partial charge in [-0.1, -0.05) is 121 Å². The van der Waals surface area contributed by atoms with Gasteiger partial charge in [-0.2, -0.15) is 0 Å². The number of rotatable bonds is 3. The molecule has 9 aromatic carbocycles. The molecule has 1 aliphatic carbocycles. The quantitative estimate of drug-likeness (QED) is 0.179. The van der Waals surface area contributed by atoms with Crippen LogP contribution in [0.3, 0.4) is 0 Å². The first-order valence-corrected chi connectivity index (χ1v) is 18.0. The number of nitrogens with zero attached hydrogens (tertiary/aromatic N) is 2. The van der Waals surface area contributed by atoms with Crippen molar-refractivity contribution in [1.29, 1.82) is 0 Å². The fraction of sp³-hybridized carbons (Fsp3) is 0. The Bertz CT molecular complexity index is 3290. The van der Waals surface area contributed by atoms with E-state index in [2.05, 4.69) is 191 Å². The number of hydrogen-bond donors (Lipinski definition) is 0. The van der Waals surface area contributed by atoms with Crippen molar-refractivity contribution >= 4 is 65.2 Å². The van der Waals surface area contributed by atoms with Crippen molar-refractivity contribution in [2.75, 3.05) is 0 Å². The summed E-state index contributed by atoms with van der Waals surface area (Å²) in [7, 11) is 0. The third-order valence-corrected chi connectivity index (χ3v) is 11.4. The second-order valence-electron chi connectivity index (χ2n) is 14.1. The number of para-hydroxylation sites is 2. The second-order valence-corrected chi connectivity index (χ2v) is 14.1. The molecule has 0 atom stereocenters. The molecule has 2 heterocycles. The Morgan fingerprint density at radius 2 is 0.865 bits per heavy atom. The Labute approximate surface area is 300 Å². The van der Waals surface area contributed by atoms with Crippen molar-refractivity contribution in [2.45, 2.75) is 0 Å². The van der Waals surface area contributed by atoms with Crippen molar-refractivity contribution in [1.82, 2.24) is 9.13 Å². The molecular weight excluding hydrogens is 629 g/mol. The van der Waals surface area contributed by atoms with Gasteiger partial charge in [0.05, 0.1) is 22.1 Å². The van der Waals surface area contributed by atoms with Crippen LogP contribution in [0.5, 0.6) is 0 Å². The van der Waals surface area contributed by atoms with Crippen LogP contribution < -0.4 is 0 Å². The maximum Gasteiger partial charge on any atom is 0.0547 e. The first kappa shape index (κ1) is 27.9. The number of fused-ring (bicyclic) bond motifs is 11. The molecule has 2 nitrogen and oxygen atoms in total.